The molecule has 98 valence electrons. The maximum atomic E-state index is 11.9. The van der Waals surface area contributed by atoms with Gasteiger partial charge in [-0.2, -0.15) is 0 Å². The minimum Gasteiger partial charge on any atom is -0.334 e. The Balaban J connectivity index is 1.88. The molecule has 2 atom stereocenters. The van der Waals surface area contributed by atoms with Crippen LogP contribution in [0.3, 0.4) is 0 Å². The van der Waals surface area contributed by atoms with E-state index in [2.05, 4.69) is 22.9 Å². The summed E-state index contributed by atoms with van der Waals surface area (Å²) < 4.78 is 0. The van der Waals surface area contributed by atoms with Gasteiger partial charge >= 0.3 is 6.03 Å². The largest absolute Gasteiger partial charge is 0.334 e. The van der Waals surface area contributed by atoms with E-state index in [4.69, 9.17) is 0 Å². The molecule has 2 unspecified atom stereocenters. The number of rotatable bonds is 2. The van der Waals surface area contributed by atoms with Crippen molar-refractivity contribution in [3.8, 4) is 0 Å². The summed E-state index contributed by atoms with van der Waals surface area (Å²) in [4.78, 5) is 11.9. The van der Waals surface area contributed by atoms with Gasteiger partial charge in [0.1, 0.15) is 0 Å². The first-order valence-corrected chi connectivity index (χ1v) is 6.53. The number of aryl methyl sites for hydroxylation is 1. The van der Waals surface area contributed by atoms with Crippen molar-refractivity contribution in [2.75, 3.05) is 11.9 Å². The van der Waals surface area contributed by atoms with Crippen LogP contribution in [-0.4, -0.2) is 24.7 Å². The lowest BCUT2D eigenvalue weighted by Crippen LogP contribution is -2.52. The number of hydrogen-bond acceptors (Lipinski definition) is 2. The van der Waals surface area contributed by atoms with Crippen LogP contribution >= 0.6 is 0 Å². The van der Waals surface area contributed by atoms with Crippen LogP contribution < -0.4 is 16.0 Å². The SMILES string of the molecule is Cc1cccc(NC(=O)NC2CCCNC2C)c1. The number of anilines is 1. The van der Waals surface area contributed by atoms with E-state index >= 15 is 0 Å². The standard InChI is InChI=1S/C14H21N3O/c1-10-5-3-6-12(9-10)16-14(18)17-13-7-4-8-15-11(13)2/h3,5-6,9,11,13,15H,4,7-8H2,1-2H3,(H2,16,17,18). The lowest BCUT2D eigenvalue weighted by atomic mass is 10.0. The van der Waals surface area contributed by atoms with E-state index in [1.165, 1.54) is 0 Å². The molecular formula is C14H21N3O. The summed E-state index contributed by atoms with van der Waals surface area (Å²) >= 11 is 0. The number of urea groups is 1. The van der Waals surface area contributed by atoms with Gasteiger partial charge in [-0.15, -0.1) is 0 Å². The summed E-state index contributed by atoms with van der Waals surface area (Å²) in [5.41, 5.74) is 1.98. The Morgan fingerprint density at radius 2 is 2.28 bits per heavy atom. The van der Waals surface area contributed by atoms with Crippen LogP contribution in [0.5, 0.6) is 0 Å². The Kier molecular flexibility index (Phi) is 4.20. The molecule has 0 radical (unpaired) electrons. The fourth-order valence-corrected chi connectivity index (χ4v) is 2.30. The van der Waals surface area contributed by atoms with Gasteiger partial charge < -0.3 is 16.0 Å². The molecule has 1 fully saturated rings. The molecule has 1 aliphatic heterocycles. The third kappa shape index (κ3) is 3.47. The van der Waals surface area contributed by atoms with Gasteiger partial charge in [0.05, 0.1) is 0 Å². The van der Waals surface area contributed by atoms with E-state index in [1.807, 2.05) is 31.2 Å². The molecule has 1 aromatic rings. The maximum absolute atomic E-state index is 11.9. The molecule has 4 heteroatoms. The van der Waals surface area contributed by atoms with Crippen molar-refractivity contribution in [3.05, 3.63) is 29.8 Å². The first-order chi connectivity index (χ1) is 8.65. The first kappa shape index (κ1) is 12.9. The Morgan fingerprint density at radius 1 is 1.44 bits per heavy atom. The van der Waals surface area contributed by atoms with E-state index in [0.29, 0.717) is 6.04 Å². The third-order valence-electron chi connectivity index (χ3n) is 3.35. The highest BCUT2D eigenvalue weighted by Crippen LogP contribution is 2.11. The van der Waals surface area contributed by atoms with Gasteiger partial charge in [-0.05, 0) is 50.9 Å². The van der Waals surface area contributed by atoms with E-state index < -0.39 is 0 Å². The van der Waals surface area contributed by atoms with Gasteiger partial charge in [-0.25, -0.2) is 4.79 Å². The molecule has 0 aliphatic carbocycles. The quantitative estimate of drug-likeness (QED) is 0.751. The molecule has 2 rings (SSSR count). The molecule has 0 spiro atoms. The van der Waals surface area contributed by atoms with Crippen LogP contribution in [0.25, 0.3) is 0 Å². The zero-order chi connectivity index (χ0) is 13.0. The molecule has 1 saturated heterocycles. The predicted molar refractivity (Wildman–Crippen MR) is 73.8 cm³/mol. The number of hydrogen-bond donors (Lipinski definition) is 3. The maximum Gasteiger partial charge on any atom is 0.319 e. The summed E-state index contributed by atoms with van der Waals surface area (Å²) in [5.74, 6) is 0. The zero-order valence-corrected chi connectivity index (χ0v) is 11.0. The highest BCUT2D eigenvalue weighted by atomic mass is 16.2. The van der Waals surface area contributed by atoms with E-state index in [1.54, 1.807) is 0 Å². The Morgan fingerprint density at radius 3 is 3.00 bits per heavy atom. The van der Waals surface area contributed by atoms with Crippen LogP contribution in [-0.2, 0) is 0 Å². The number of carbonyl (C=O) groups excluding carboxylic acids is 1. The molecule has 0 aromatic heterocycles. The predicted octanol–water partition coefficient (Wildman–Crippen LogP) is 2.26. The van der Waals surface area contributed by atoms with Crippen LogP contribution in [0, 0.1) is 6.92 Å². The molecule has 4 nitrogen and oxygen atoms in total. The van der Waals surface area contributed by atoms with Crippen LogP contribution in [0.15, 0.2) is 24.3 Å². The van der Waals surface area contributed by atoms with E-state index in [9.17, 15) is 4.79 Å². The number of amides is 2. The minimum atomic E-state index is -0.124. The monoisotopic (exact) mass is 247 g/mol. The van der Waals surface area contributed by atoms with Crippen molar-refractivity contribution in [2.45, 2.75) is 38.8 Å². The summed E-state index contributed by atoms with van der Waals surface area (Å²) in [5, 5.41) is 9.26. The van der Waals surface area contributed by atoms with Gasteiger partial charge in [0.2, 0.25) is 0 Å². The van der Waals surface area contributed by atoms with Crippen molar-refractivity contribution in [3.63, 3.8) is 0 Å². The topological polar surface area (TPSA) is 53.2 Å². The Hall–Kier alpha value is -1.55. The second kappa shape index (κ2) is 5.87. The molecule has 0 bridgehead atoms. The van der Waals surface area contributed by atoms with Crippen molar-refractivity contribution in [2.24, 2.45) is 0 Å². The summed E-state index contributed by atoms with van der Waals surface area (Å²) in [6.45, 7) is 5.16. The number of piperidine rings is 1. The summed E-state index contributed by atoms with van der Waals surface area (Å²) in [7, 11) is 0. The molecular weight excluding hydrogens is 226 g/mol. The fraction of sp³-hybridized carbons (Fsp3) is 0.500. The minimum absolute atomic E-state index is 0.124. The highest BCUT2D eigenvalue weighted by molar-refractivity contribution is 5.89. The Labute approximate surface area is 108 Å². The van der Waals surface area contributed by atoms with Gasteiger partial charge in [-0.3, -0.25) is 0 Å². The van der Waals surface area contributed by atoms with Crippen molar-refractivity contribution in [1.29, 1.82) is 0 Å². The Bertz CT molecular complexity index is 419. The van der Waals surface area contributed by atoms with E-state index in [0.717, 1.165) is 30.6 Å². The number of carbonyl (C=O) groups is 1. The lowest BCUT2D eigenvalue weighted by molar-refractivity contribution is 0.239. The molecule has 18 heavy (non-hydrogen) atoms. The van der Waals surface area contributed by atoms with Crippen LogP contribution in [0.1, 0.15) is 25.3 Å². The van der Waals surface area contributed by atoms with Gasteiger partial charge in [0, 0.05) is 17.8 Å². The molecule has 1 aliphatic rings. The molecule has 3 N–H and O–H groups in total. The average Bonchev–Trinajstić information content (AvgIpc) is 2.32. The molecule has 1 heterocycles. The lowest BCUT2D eigenvalue weighted by Gasteiger charge is -2.30. The van der Waals surface area contributed by atoms with Crippen LogP contribution in [0.2, 0.25) is 0 Å². The van der Waals surface area contributed by atoms with Crippen LogP contribution in [0.4, 0.5) is 10.5 Å². The van der Waals surface area contributed by atoms with Crippen molar-refractivity contribution in [1.82, 2.24) is 10.6 Å². The zero-order valence-electron chi connectivity index (χ0n) is 11.0. The summed E-state index contributed by atoms with van der Waals surface area (Å²) in [6, 6.07) is 8.23. The smallest absolute Gasteiger partial charge is 0.319 e. The molecule has 1 aromatic carbocycles. The second-order valence-corrected chi connectivity index (χ2v) is 4.96. The number of benzene rings is 1. The molecule has 0 saturated carbocycles. The van der Waals surface area contributed by atoms with E-state index in [-0.39, 0.29) is 12.1 Å². The van der Waals surface area contributed by atoms with Gasteiger partial charge in [-0.1, -0.05) is 12.1 Å². The molecule has 2 amide bonds. The van der Waals surface area contributed by atoms with Gasteiger partial charge in [0.25, 0.3) is 0 Å². The average molecular weight is 247 g/mol. The first-order valence-electron chi connectivity index (χ1n) is 6.53. The van der Waals surface area contributed by atoms with Gasteiger partial charge in [0.15, 0.2) is 0 Å². The summed E-state index contributed by atoms with van der Waals surface area (Å²) in [6.07, 6.45) is 2.15. The number of nitrogens with one attached hydrogen (secondary N) is 3. The highest BCUT2D eigenvalue weighted by Gasteiger charge is 2.22. The normalized spacial score (nSPS) is 23.4. The second-order valence-electron chi connectivity index (χ2n) is 4.96. The third-order valence-corrected chi connectivity index (χ3v) is 3.35. The van der Waals surface area contributed by atoms with Crippen molar-refractivity contribution < 1.29 is 4.79 Å². The van der Waals surface area contributed by atoms with Crippen molar-refractivity contribution >= 4 is 11.7 Å². The fourth-order valence-electron chi connectivity index (χ4n) is 2.30.